The minimum absolute atomic E-state index is 0.0668. The zero-order valence-corrected chi connectivity index (χ0v) is 21.0. The number of carbonyl (C=O) groups is 3. The van der Waals surface area contributed by atoms with Gasteiger partial charge in [0.25, 0.3) is 5.91 Å². The van der Waals surface area contributed by atoms with E-state index in [4.69, 9.17) is 4.52 Å². The third kappa shape index (κ3) is 6.44. The first-order valence-corrected chi connectivity index (χ1v) is 12.1. The molecule has 3 amide bonds. The molecule has 1 aromatic heterocycles. The summed E-state index contributed by atoms with van der Waals surface area (Å²) in [7, 11) is 0. The Hall–Kier alpha value is -4.92. The Balaban J connectivity index is 1.59. The second kappa shape index (κ2) is 11.9. The molecule has 3 aromatic carbocycles. The van der Waals surface area contributed by atoms with Crippen LogP contribution < -0.4 is 16.0 Å². The molecule has 1 heterocycles. The van der Waals surface area contributed by atoms with Crippen LogP contribution in [0.5, 0.6) is 0 Å². The van der Waals surface area contributed by atoms with E-state index in [1.807, 2.05) is 62.4 Å². The molecular weight excluding hydrogens is 484 g/mol. The number of aliphatic carboxylic acids is 1. The van der Waals surface area contributed by atoms with Gasteiger partial charge in [0.15, 0.2) is 0 Å². The lowest BCUT2D eigenvalue weighted by Crippen LogP contribution is -2.41. The highest BCUT2D eigenvalue weighted by atomic mass is 16.5. The molecular formula is C29H28N4O5. The number of aromatic nitrogens is 1. The van der Waals surface area contributed by atoms with Gasteiger partial charge in [0.05, 0.1) is 5.56 Å². The van der Waals surface area contributed by atoms with Crippen molar-refractivity contribution in [1.82, 2.24) is 10.5 Å². The largest absolute Gasteiger partial charge is 0.480 e. The second-order valence-electron chi connectivity index (χ2n) is 9.12. The number of hydrogen-bond acceptors (Lipinski definition) is 5. The van der Waals surface area contributed by atoms with E-state index in [1.54, 1.807) is 36.4 Å². The van der Waals surface area contributed by atoms with Crippen LogP contribution >= 0.6 is 0 Å². The maximum Gasteiger partial charge on any atom is 0.326 e. The van der Waals surface area contributed by atoms with E-state index in [-0.39, 0.29) is 24.1 Å². The topological polar surface area (TPSA) is 134 Å². The van der Waals surface area contributed by atoms with E-state index >= 15 is 0 Å². The molecule has 0 aliphatic heterocycles. The maximum absolute atomic E-state index is 13.1. The highest BCUT2D eigenvalue weighted by molar-refractivity contribution is 6.03. The Morgan fingerprint density at radius 3 is 1.97 bits per heavy atom. The van der Waals surface area contributed by atoms with Crippen molar-refractivity contribution in [2.24, 2.45) is 5.92 Å². The predicted molar refractivity (Wildman–Crippen MR) is 145 cm³/mol. The van der Waals surface area contributed by atoms with Gasteiger partial charge < -0.3 is 25.6 Å². The van der Waals surface area contributed by atoms with Crippen molar-refractivity contribution in [1.29, 1.82) is 0 Å². The molecule has 0 spiro atoms. The van der Waals surface area contributed by atoms with Gasteiger partial charge in [-0.1, -0.05) is 79.7 Å². The molecule has 4 N–H and O–H groups in total. The number of urea groups is 1. The van der Waals surface area contributed by atoms with Gasteiger partial charge in [-0.25, -0.2) is 9.59 Å². The van der Waals surface area contributed by atoms with Crippen LogP contribution in [0.15, 0.2) is 89.5 Å². The summed E-state index contributed by atoms with van der Waals surface area (Å²) >= 11 is 0. The highest BCUT2D eigenvalue weighted by Gasteiger charge is 2.28. The number of rotatable bonds is 9. The van der Waals surface area contributed by atoms with Crippen LogP contribution in [0.4, 0.5) is 16.2 Å². The third-order valence-corrected chi connectivity index (χ3v) is 5.72. The summed E-state index contributed by atoms with van der Waals surface area (Å²) < 4.78 is 5.48. The Labute approximate surface area is 219 Å². The van der Waals surface area contributed by atoms with Gasteiger partial charge in [-0.15, -0.1) is 0 Å². The number of hydrogen-bond donors (Lipinski definition) is 4. The first kappa shape index (κ1) is 26.2. The number of para-hydroxylation sites is 1. The normalized spacial score (nSPS) is 11.6. The zero-order valence-electron chi connectivity index (χ0n) is 21.0. The Morgan fingerprint density at radius 1 is 0.816 bits per heavy atom. The number of amides is 3. The lowest BCUT2D eigenvalue weighted by Gasteiger charge is -2.16. The minimum Gasteiger partial charge on any atom is -0.480 e. The van der Waals surface area contributed by atoms with Crippen molar-refractivity contribution in [3.8, 4) is 22.4 Å². The summed E-state index contributed by atoms with van der Waals surface area (Å²) in [5.41, 5.74) is 3.42. The fraction of sp³-hybridized carbons (Fsp3) is 0.172. The Bertz CT molecular complexity index is 1400. The SMILES string of the molecule is CC(C)CC(NC(=O)c1onc(-c2ccc(NC(=O)Nc3ccccc3)cc2)c1-c1ccccc1)C(=O)O. The van der Waals surface area contributed by atoms with Crippen LogP contribution in [-0.4, -0.2) is 34.2 Å². The lowest BCUT2D eigenvalue weighted by atomic mass is 9.98. The number of carboxylic acids is 1. The summed E-state index contributed by atoms with van der Waals surface area (Å²) in [5.74, 6) is -1.79. The van der Waals surface area contributed by atoms with Gasteiger partial charge in [0, 0.05) is 16.9 Å². The molecule has 0 saturated heterocycles. The number of nitrogens with one attached hydrogen (secondary N) is 3. The molecule has 4 aromatic rings. The highest BCUT2D eigenvalue weighted by Crippen LogP contribution is 2.35. The van der Waals surface area contributed by atoms with E-state index in [2.05, 4.69) is 21.1 Å². The molecule has 0 aliphatic rings. The van der Waals surface area contributed by atoms with Crippen molar-refractivity contribution in [2.45, 2.75) is 26.3 Å². The molecule has 9 nitrogen and oxygen atoms in total. The van der Waals surface area contributed by atoms with E-state index in [0.717, 1.165) is 0 Å². The first-order chi connectivity index (χ1) is 18.3. The average molecular weight is 513 g/mol. The van der Waals surface area contributed by atoms with Crippen molar-refractivity contribution in [3.63, 3.8) is 0 Å². The fourth-order valence-corrected chi connectivity index (χ4v) is 3.96. The molecule has 4 rings (SSSR count). The van der Waals surface area contributed by atoms with Gasteiger partial charge in [0.2, 0.25) is 5.76 Å². The van der Waals surface area contributed by atoms with Crippen molar-refractivity contribution >= 4 is 29.3 Å². The van der Waals surface area contributed by atoms with Gasteiger partial charge in [0.1, 0.15) is 11.7 Å². The lowest BCUT2D eigenvalue weighted by molar-refractivity contribution is -0.139. The van der Waals surface area contributed by atoms with Crippen molar-refractivity contribution < 1.29 is 24.0 Å². The number of benzene rings is 3. The van der Waals surface area contributed by atoms with Crippen molar-refractivity contribution in [3.05, 3.63) is 90.7 Å². The summed E-state index contributed by atoms with van der Waals surface area (Å²) in [6.07, 6.45) is 0.273. The molecule has 0 radical (unpaired) electrons. The quantitative estimate of drug-likeness (QED) is 0.221. The average Bonchev–Trinajstić information content (AvgIpc) is 3.35. The molecule has 1 unspecified atom stereocenters. The summed E-state index contributed by atoms with van der Waals surface area (Å²) in [6.45, 7) is 3.77. The van der Waals surface area contributed by atoms with Crippen LogP contribution in [-0.2, 0) is 4.79 Å². The molecule has 0 saturated carbocycles. The zero-order chi connectivity index (χ0) is 27.1. The van der Waals surface area contributed by atoms with Gasteiger partial charge >= 0.3 is 12.0 Å². The maximum atomic E-state index is 13.1. The van der Waals surface area contributed by atoms with E-state index in [1.165, 1.54) is 0 Å². The van der Waals surface area contributed by atoms with Gasteiger partial charge in [-0.2, -0.15) is 0 Å². The number of carboxylic acid groups (broad SMARTS) is 1. The Kier molecular flexibility index (Phi) is 8.17. The second-order valence-corrected chi connectivity index (χ2v) is 9.12. The van der Waals surface area contributed by atoms with E-state index in [9.17, 15) is 19.5 Å². The van der Waals surface area contributed by atoms with Crippen molar-refractivity contribution in [2.75, 3.05) is 10.6 Å². The fourth-order valence-electron chi connectivity index (χ4n) is 3.96. The molecule has 0 bridgehead atoms. The van der Waals surface area contributed by atoms with E-state index < -0.39 is 17.9 Å². The summed E-state index contributed by atoms with van der Waals surface area (Å²) in [5, 5.41) is 21.8. The third-order valence-electron chi connectivity index (χ3n) is 5.72. The van der Waals surface area contributed by atoms with E-state index in [0.29, 0.717) is 33.8 Å². The molecule has 9 heteroatoms. The van der Waals surface area contributed by atoms with Crippen LogP contribution in [0.3, 0.4) is 0 Å². The minimum atomic E-state index is -1.12. The molecule has 194 valence electrons. The standard InChI is InChI=1S/C29H28N4O5/c1-18(2)17-23(28(35)36)32-27(34)26-24(19-9-5-3-6-10-19)25(33-38-26)20-13-15-22(16-14-20)31-29(37)30-21-11-7-4-8-12-21/h3-16,18,23H,17H2,1-2H3,(H,32,34)(H,35,36)(H2,30,31,37). The summed E-state index contributed by atoms with van der Waals surface area (Å²) in [4.78, 5) is 37.2. The predicted octanol–water partition coefficient (Wildman–Crippen LogP) is 5.88. The van der Waals surface area contributed by atoms with Crippen LogP contribution in [0.25, 0.3) is 22.4 Å². The molecule has 1 atom stereocenters. The van der Waals surface area contributed by atoms with Crippen LogP contribution in [0.2, 0.25) is 0 Å². The number of nitrogens with zero attached hydrogens (tertiary/aromatic N) is 1. The molecule has 0 fully saturated rings. The monoisotopic (exact) mass is 512 g/mol. The van der Waals surface area contributed by atoms with Crippen LogP contribution in [0.1, 0.15) is 30.8 Å². The smallest absolute Gasteiger partial charge is 0.326 e. The van der Waals surface area contributed by atoms with Crippen LogP contribution in [0, 0.1) is 5.92 Å². The van der Waals surface area contributed by atoms with Gasteiger partial charge in [-0.3, -0.25) is 4.79 Å². The number of anilines is 2. The van der Waals surface area contributed by atoms with Gasteiger partial charge in [-0.05, 0) is 42.2 Å². The molecule has 38 heavy (non-hydrogen) atoms. The Morgan fingerprint density at radius 2 is 1.39 bits per heavy atom. The first-order valence-electron chi connectivity index (χ1n) is 12.1. The number of carbonyl (C=O) groups excluding carboxylic acids is 2. The molecule has 0 aliphatic carbocycles. The summed E-state index contributed by atoms with van der Waals surface area (Å²) in [6, 6.07) is 23.7.